The third-order valence-electron chi connectivity index (χ3n) is 4.43. The van der Waals surface area contributed by atoms with Crippen LogP contribution in [0.4, 0.5) is 5.82 Å². The average molecular weight is 314 g/mol. The zero-order chi connectivity index (χ0) is 15.1. The highest BCUT2D eigenvalue weighted by molar-refractivity contribution is 8.14. The normalized spacial score (nSPS) is 21.7. The largest absolute Gasteiger partial charge is 0.271 e. The van der Waals surface area contributed by atoms with E-state index in [1.165, 1.54) is 12.8 Å². The van der Waals surface area contributed by atoms with Gasteiger partial charge in [-0.1, -0.05) is 30.7 Å². The van der Waals surface area contributed by atoms with Crippen molar-refractivity contribution in [3.05, 3.63) is 46.0 Å². The number of aromatic nitrogens is 3. The van der Waals surface area contributed by atoms with Crippen molar-refractivity contribution in [2.75, 3.05) is 0 Å². The topological polar surface area (TPSA) is 63.0 Å². The first kappa shape index (κ1) is 13.8. The number of H-pyrrole nitrogens is 1. The second-order valence-corrected chi connectivity index (χ2v) is 7.20. The summed E-state index contributed by atoms with van der Waals surface area (Å²) in [7, 11) is 0. The monoisotopic (exact) mass is 314 g/mol. The van der Waals surface area contributed by atoms with Crippen molar-refractivity contribution in [1.29, 1.82) is 0 Å². The SMILES string of the molecule is CC1=Nc2c(c(=O)[nH]n2C2CCCC2)[C@@H](c2cccnc2)S1. The van der Waals surface area contributed by atoms with Crippen LogP contribution in [0.25, 0.3) is 0 Å². The molecule has 1 atom stereocenters. The van der Waals surface area contributed by atoms with Gasteiger partial charge in [-0.15, -0.1) is 0 Å². The number of hydrogen-bond acceptors (Lipinski definition) is 4. The van der Waals surface area contributed by atoms with Gasteiger partial charge in [0.1, 0.15) is 0 Å². The summed E-state index contributed by atoms with van der Waals surface area (Å²) in [6.07, 6.45) is 8.29. The van der Waals surface area contributed by atoms with Gasteiger partial charge in [-0.3, -0.25) is 19.6 Å². The molecule has 5 nitrogen and oxygen atoms in total. The van der Waals surface area contributed by atoms with Gasteiger partial charge in [0.05, 0.1) is 21.9 Å². The summed E-state index contributed by atoms with van der Waals surface area (Å²) in [5.74, 6) is 0.821. The van der Waals surface area contributed by atoms with Gasteiger partial charge in [-0.05, 0) is 31.4 Å². The Bertz CT molecular complexity index is 771. The van der Waals surface area contributed by atoms with Gasteiger partial charge in [0.25, 0.3) is 5.56 Å². The minimum atomic E-state index is -0.0207. The minimum Gasteiger partial charge on any atom is -0.268 e. The van der Waals surface area contributed by atoms with Crippen LogP contribution < -0.4 is 5.56 Å². The van der Waals surface area contributed by atoms with Crippen LogP contribution in [-0.4, -0.2) is 19.8 Å². The fourth-order valence-corrected chi connectivity index (χ4v) is 4.49. The summed E-state index contributed by atoms with van der Waals surface area (Å²) >= 11 is 1.63. The molecule has 3 heterocycles. The molecule has 6 heteroatoms. The van der Waals surface area contributed by atoms with Crippen molar-refractivity contribution in [2.24, 2.45) is 4.99 Å². The number of nitrogens with zero attached hydrogens (tertiary/aromatic N) is 3. The summed E-state index contributed by atoms with van der Waals surface area (Å²) in [4.78, 5) is 21.4. The number of aliphatic imine (C=N–C) groups is 1. The third kappa shape index (κ3) is 2.22. The molecule has 1 saturated carbocycles. The second kappa shape index (κ2) is 5.43. The third-order valence-corrected chi connectivity index (χ3v) is 5.60. The summed E-state index contributed by atoms with van der Waals surface area (Å²) < 4.78 is 2.01. The molecule has 114 valence electrons. The number of hydrogen-bond donors (Lipinski definition) is 1. The van der Waals surface area contributed by atoms with E-state index in [1.54, 1.807) is 18.0 Å². The fraction of sp³-hybridized carbons (Fsp3) is 0.438. The molecule has 0 aromatic carbocycles. The van der Waals surface area contributed by atoms with Crippen molar-refractivity contribution < 1.29 is 0 Å². The zero-order valence-electron chi connectivity index (χ0n) is 12.5. The van der Waals surface area contributed by atoms with Crippen LogP contribution in [0.15, 0.2) is 34.3 Å². The molecule has 22 heavy (non-hydrogen) atoms. The van der Waals surface area contributed by atoms with Crippen molar-refractivity contribution in [3.8, 4) is 0 Å². The lowest BCUT2D eigenvalue weighted by Crippen LogP contribution is -2.13. The predicted octanol–water partition coefficient (Wildman–Crippen LogP) is 3.57. The molecule has 4 rings (SSSR count). The van der Waals surface area contributed by atoms with E-state index in [2.05, 4.69) is 15.1 Å². The van der Waals surface area contributed by atoms with Crippen LogP contribution in [0, 0.1) is 0 Å². The molecule has 0 saturated heterocycles. The molecule has 1 aliphatic carbocycles. The average Bonchev–Trinajstić information content (AvgIpc) is 3.16. The second-order valence-electron chi connectivity index (χ2n) is 5.90. The van der Waals surface area contributed by atoms with Gasteiger partial charge in [-0.2, -0.15) is 0 Å². The smallest absolute Gasteiger partial charge is 0.268 e. The molecule has 1 aliphatic heterocycles. The molecule has 1 fully saturated rings. The number of nitrogens with one attached hydrogen (secondary N) is 1. The van der Waals surface area contributed by atoms with Crippen LogP contribution in [-0.2, 0) is 0 Å². The van der Waals surface area contributed by atoms with Crippen molar-refractivity contribution in [3.63, 3.8) is 0 Å². The van der Waals surface area contributed by atoms with Crippen LogP contribution in [0.2, 0.25) is 0 Å². The van der Waals surface area contributed by atoms with Crippen molar-refractivity contribution in [1.82, 2.24) is 14.8 Å². The highest BCUT2D eigenvalue weighted by Gasteiger charge is 2.32. The molecule has 0 spiro atoms. The number of thioether (sulfide) groups is 1. The van der Waals surface area contributed by atoms with E-state index in [0.29, 0.717) is 6.04 Å². The summed E-state index contributed by atoms with van der Waals surface area (Å²) in [5, 5.41) is 4.01. The maximum absolute atomic E-state index is 12.6. The first-order valence-corrected chi connectivity index (χ1v) is 8.58. The number of fused-ring (bicyclic) bond motifs is 1. The molecular formula is C16H18N4OS. The molecule has 0 radical (unpaired) electrons. The lowest BCUT2D eigenvalue weighted by Gasteiger charge is -2.21. The summed E-state index contributed by atoms with van der Waals surface area (Å²) in [5.41, 5.74) is 1.81. The van der Waals surface area contributed by atoms with Crippen molar-refractivity contribution >= 4 is 22.6 Å². The maximum Gasteiger partial charge on any atom is 0.271 e. The Balaban J connectivity index is 1.86. The number of pyridine rings is 1. The molecule has 2 aromatic rings. The van der Waals surface area contributed by atoms with Crippen LogP contribution >= 0.6 is 11.8 Å². The van der Waals surface area contributed by atoms with E-state index >= 15 is 0 Å². The van der Waals surface area contributed by atoms with E-state index in [-0.39, 0.29) is 10.8 Å². The molecular weight excluding hydrogens is 296 g/mol. The van der Waals surface area contributed by atoms with Gasteiger partial charge in [0, 0.05) is 12.4 Å². The first-order valence-electron chi connectivity index (χ1n) is 7.70. The van der Waals surface area contributed by atoms with E-state index in [0.717, 1.165) is 34.8 Å². The predicted molar refractivity (Wildman–Crippen MR) is 89.0 cm³/mol. The Morgan fingerprint density at radius 2 is 2.18 bits per heavy atom. The van der Waals surface area contributed by atoms with Crippen LogP contribution in [0.3, 0.4) is 0 Å². The maximum atomic E-state index is 12.6. The Labute approximate surface area is 132 Å². The molecule has 2 aliphatic rings. The first-order chi connectivity index (χ1) is 10.7. The van der Waals surface area contributed by atoms with E-state index in [1.807, 2.05) is 29.9 Å². The Kier molecular flexibility index (Phi) is 3.41. The van der Waals surface area contributed by atoms with Gasteiger partial charge < -0.3 is 0 Å². The summed E-state index contributed by atoms with van der Waals surface area (Å²) in [6.45, 7) is 2.01. The highest BCUT2D eigenvalue weighted by atomic mass is 32.2. The van der Waals surface area contributed by atoms with Gasteiger partial charge in [0.2, 0.25) is 0 Å². The molecule has 0 unspecified atom stereocenters. The molecule has 2 aromatic heterocycles. The fourth-order valence-electron chi connectivity index (χ4n) is 3.40. The van der Waals surface area contributed by atoms with E-state index < -0.39 is 0 Å². The number of aromatic amines is 1. The van der Waals surface area contributed by atoms with Crippen LogP contribution in [0.1, 0.15) is 55.0 Å². The zero-order valence-corrected chi connectivity index (χ0v) is 13.3. The van der Waals surface area contributed by atoms with E-state index in [9.17, 15) is 4.79 Å². The van der Waals surface area contributed by atoms with Gasteiger partial charge in [0.15, 0.2) is 5.82 Å². The molecule has 0 bridgehead atoms. The van der Waals surface area contributed by atoms with Crippen LogP contribution in [0.5, 0.6) is 0 Å². The minimum absolute atomic E-state index is 0.0143. The highest BCUT2D eigenvalue weighted by Crippen LogP contribution is 2.45. The quantitative estimate of drug-likeness (QED) is 0.921. The Morgan fingerprint density at radius 3 is 2.91 bits per heavy atom. The lowest BCUT2D eigenvalue weighted by atomic mass is 10.1. The Hall–Kier alpha value is -1.82. The standard InChI is InChI=1S/C16H18N4OS/c1-10-18-15-13(14(22-10)11-5-4-8-17-9-11)16(21)19-20(15)12-6-2-3-7-12/h4-5,8-9,12,14H,2-3,6-7H2,1H3,(H,19,21)/t14-/m1/s1. The molecule has 0 amide bonds. The van der Waals surface area contributed by atoms with Gasteiger partial charge >= 0.3 is 0 Å². The van der Waals surface area contributed by atoms with E-state index in [4.69, 9.17) is 0 Å². The summed E-state index contributed by atoms with van der Waals surface area (Å²) in [6, 6.07) is 4.32. The van der Waals surface area contributed by atoms with Gasteiger partial charge in [-0.25, -0.2) is 4.99 Å². The van der Waals surface area contributed by atoms with Crippen molar-refractivity contribution in [2.45, 2.75) is 43.9 Å². The Morgan fingerprint density at radius 1 is 1.36 bits per heavy atom. The number of rotatable bonds is 2. The lowest BCUT2D eigenvalue weighted by molar-refractivity contribution is 0.468. The molecule has 1 N–H and O–H groups in total.